The number of aromatic nitrogens is 2. The number of hydrogen-bond donors (Lipinski definition) is 2. The Balaban J connectivity index is 1.62. The van der Waals surface area contributed by atoms with Gasteiger partial charge in [-0.15, -0.1) is 0 Å². The number of hydrogen-bond acceptors (Lipinski definition) is 5. The number of ether oxygens (including phenoxy) is 2. The van der Waals surface area contributed by atoms with Crippen molar-refractivity contribution < 1.29 is 17.9 Å². The maximum Gasteiger partial charge on any atom is 0.257 e. The summed E-state index contributed by atoms with van der Waals surface area (Å²) >= 11 is 0. The van der Waals surface area contributed by atoms with Gasteiger partial charge in [0.15, 0.2) is 5.03 Å². The summed E-state index contributed by atoms with van der Waals surface area (Å²) < 4.78 is 37.4. The molecule has 2 rings (SSSR count). The zero-order valence-corrected chi connectivity index (χ0v) is 13.1. The lowest BCUT2D eigenvalue weighted by Crippen LogP contribution is -2.26. The van der Waals surface area contributed by atoms with Gasteiger partial charge >= 0.3 is 0 Å². The first-order valence-electron chi connectivity index (χ1n) is 7.34. The van der Waals surface area contributed by atoms with Crippen LogP contribution in [-0.4, -0.2) is 50.9 Å². The Morgan fingerprint density at radius 2 is 2.43 bits per heavy atom. The van der Waals surface area contributed by atoms with Crippen LogP contribution in [-0.2, 0) is 25.9 Å². The molecule has 0 amide bonds. The first-order chi connectivity index (χ1) is 10.1. The molecule has 0 saturated carbocycles. The van der Waals surface area contributed by atoms with Crippen LogP contribution in [0.1, 0.15) is 32.0 Å². The average Bonchev–Trinajstić information content (AvgIpc) is 3.13. The summed E-state index contributed by atoms with van der Waals surface area (Å²) in [6.45, 7) is 4.18. The monoisotopic (exact) mass is 317 g/mol. The molecule has 1 atom stereocenters. The van der Waals surface area contributed by atoms with Crippen molar-refractivity contribution in [3.8, 4) is 0 Å². The number of rotatable bonds is 9. The van der Waals surface area contributed by atoms with E-state index in [9.17, 15) is 8.42 Å². The maximum absolute atomic E-state index is 12.0. The van der Waals surface area contributed by atoms with Gasteiger partial charge in [0.1, 0.15) is 5.82 Å². The van der Waals surface area contributed by atoms with Gasteiger partial charge in [0.05, 0.1) is 18.9 Å². The SMILES string of the molecule is CCc1ncc(S(=O)(=O)NCCCOCC2CCCO2)[nH]1. The Morgan fingerprint density at radius 1 is 1.57 bits per heavy atom. The summed E-state index contributed by atoms with van der Waals surface area (Å²) in [5.74, 6) is 0.662. The van der Waals surface area contributed by atoms with E-state index < -0.39 is 10.0 Å². The molecule has 1 aromatic heterocycles. The highest BCUT2D eigenvalue weighted by atomic mass is 32.2. The number of aryl methyl sites for hydroxylation is 1. The molecule has 2 N–H and O–H groups in total. The van der Waals surface area contributed by atoms with Crippen LogP contribution in [0.15, 0.2) is 11.2 Å². The lowest BCUT2D eigenvalue weighted by Gasteiger charge is -2.10. The highest BCUT2D eigenvalue weighted by molar-refractivity contribution is 7.89. The number of imidazole rings is 1. The van der Waals surface area contributed by atoms with E-state index in [1.807, 2.05) is 6.92 Å². The van der Waals surface area contributed by atoms with Crippen molar-refractivity contribution >= 4 is 10.0 Å². The maximum atomic E-state index is 12.0. The van der Waals surface area contributed by atoms with Gasteiger partial charge in [0.25, 0.3) is 10.0 Å². The largest absolute Gasteiger partial charge is 0.379 e. The number of nitrogens with zero attached hydrogens (tertiary/aromatic N) is 1. The van der Waals surface area contributed by atoms with Crippen molar-refractivity contribution in [3.05, 3.63) is 12.0 Å². The molecule has 1 aromatic rings. The molecule has 0 radical (unpaired) electrons. The predicted octanol–water partition coefficient (Wildman–Crippen LogP) is 0.836. The van der Waals surface area contributed by atoms with Crippen LogP contribution >= 0.6 is 0 Å². The molecule has 0 spiro atoms. The van der Waals surface area contributed by atoms with E-state index in [0.717, 1.165) is 19.4 Å². The third kappa shape index (κ3) is 5.06. The number of sulfonamides is 1. The zero-order chi connectivity index (χ0) is 15.1. The molecule has 2 heterocycles. The average molecular weight is 317 g/mol. The molecule has 1 saturated heterocycles. The third-order valence-corrected chi connectivity index (χ3v) is 4.69. The lowest BCUT2D eigenvalue weighted by molar-refractivity contribution is 0.0169. The second kappa shape index (κ2) is 7.88. The van der Waals surface area contributed by atoms with Crippen molar-refractivity contribution in [2.45, 2.75) is 43.7 Å². The molecular formula is C13H23N3O4S. The summed E-state index contributed by atoms with van der Waals surface area (Å²) in [6.07, 6.45) is 4.99. The molecule has 1 unspecified atom stereocenters. The first kappa shape index (κ1) is 16.4. The van der Waals surface area contributed by atoms with Gasteiger partial charge in [-0.1, -0.05) is 6.92 Å². The Hall–Kier alpha value is -0.960. The van der Waals surface area contributed by atoms with Gasteiger partial charge in [-0.25, -0.2) is 18.1 Å². The minimum Gasteiger partial charge on any atom is -0.379 e. The zero-order valence-electron chi connectivity index (χ0n) is 12.3. The lowest BCUT2D eigenvalue weighted by atomic mass is 10.2. The summed E-state index contributed by atoms with van der Waals surface area (Å²) in [6, 6.07) is 0. The molecule has 0 aliphatic carbocycles. The number of H-pyrrole nitrogens is 1. The Morgan fingerprint density at radius 3 is 3.10 bits per heavy atom. The summed E-state index contributed by atoms with van der Waals surface area (Å²) in [5, 5.41) is 0.111. The highest BCUT2D eigenvalue weighted by Gasteiger charge is 2.17. The minimum atomic E-state index is -3.50. The van der Waals surface area contributed by atoms with Crippen molar-refractivity contribution in [1.29, 1.82) is 0 Å². The van der Waals surface area contributed by atoms with E-state index in [1.165, 1.54) is 6.20 Å². The van der Waals surface area contributed by atoms with E-state index in [-0.39, 0.29) is 11.1 Å². The van der Waals surface area contributed by atoms with E-state index in [1.54, 1.807) is 0 Å². The standard InChI is InChI=1S/C13H23N3O4S/c1-2-12-14-9-13(16-12)21(17,18)15-6-4-7-19-10-11-5-3-8-20-11/h9,11,15H,2-8,10H2,1H3,(H,14,16). The van der Waals surface area contributed by atoms with E-state index >= 15 is 0 Å². The fourth-order valence-electron chi connectivity index (χ4n) is 2.11. The molecule has 120 valence electrons. The number of aromatic amines is 1. The molecule has 21 heavy (non-hydrogen) atoms. The van der Waals surface area contributed by atoms with Crippen LogP contribution in [0, 0.1) is 0 Å². The quantitative estimate of drug-likeness (QED) is 0.658. The van der Waals surface area contributed by atoms with Crippen molar-refractivity contribution in [3.63, 3.8) is 0 Å². The van der Waals surface area contributed by atoms with Crippen LogP contribution in [0.25, 0.3) is 0 Å². The molecule has 1 aliphatic rings. The van der Waals surface area contributed by atoms with Crippen LogP contribution in [0.2, 0.25) is 0 Å². The van der Waals surface area contributed by atoms with Crippen molar-refractivity contribution in [2.24, 2.45) is 0 Å². The van der Waals surface area contributed by atoms with E-state index in [2.05, 4.69) is 14.7 Å². The van der Waals surface area contributed by atoms with E-state index in [4.69, 9.17) is 9.47 Å². The van der Waals surface area contributed by atoms with E-state index in [0.29, 0.717) is 38.4 Å². The second-order valence-electron chi connectivity index (χ2n) is 5.01. The number of nitrogens with one attached hydrogen (secondary N) is 2. The normalized spacial score (nSPS) is 19.2. The Bertz CT molecular complexity index is 523. The van der Waals surface area contributed by atoms with Gasteiger partial charge in [-0.3, -0.25) is 0 Å². The topological polar surface area (TPSA) is 93.3 Å². The molecule has 0 bridgehead atoms. The molecule has 7 nitrogen and oxygen atoms in total. The van der Waals surface area contributed by atoms with Gasteiger partial charge in [-0.2, -0.15) is 0 Å². The van der Waals surface area contributed by atoms with Gasteiger partial charge < -0.3 is 14.5 Å². The molecule has 1 fully saturated rings. The van der Waals surface area contributed by atoms with Gasteiger partial charge in [0.2, 0.25) is 0 Å². The predicted molar refractivity (Wildman–Crippen MR) is 77.6 cm³/mol. The van der Waals surface area contributed by atoms with Crippen LogP contribution < -0.4 is 4.72 Å². The highest BCUT2D eigenvalue weighted by Crippen LogP contribution is 2.12. The van der Waals surface area contributed by atoms with Gasteiger partial charge in [-0.05, 0) is 19.3 Å². The Kier molecular flexibility index (Phi) is 6.16. The smallest absolute Gasteiger partial charge is 0.257 e. The van der Waals surface area contributed by atoms with Crippen molar-refractivity contribution in [2.75, 3.05) is 26.4 Å². The molecular weight excluding hydrogens is 294 g/mol. The summed E-state index contributed by atoms with van der Waals surface area (Å²) in [7, 11) is -3.50. The minimum absolute atomic E-state index is 0.111. The van der Waals surface area contributed by atoms with Crippen LogP contribution in [0.3, 0.4) is 0 Å². The fourth-order valence-corrected chi connectivity index (χ4v) is 3.12. The van der Waals surface area contributed by atoms with Crippen molar-refractivity contribution in [1.82, 2.24) is 14.7 Å². The first-order valence-corrected chi connectivity index (χ1v) is 8.83. The fraction of sp³-hybridized carbons (Fsp3) is 0.769. The molecule has 0 aromatic carbocycles. The van der Waals surface area contributed by atoms with Gasteiger partial charge in [0, 0.05) is 26.2 Å². The van der Waals surface area contributed by atoms with Crippen LogP contribution in [0.5, 0.6) is 0 Å². The second-order valence-corrected chi connectivity index (χ2v) is 6.74. The van der Waals surface area contributed by atoms with Crippen LogP contribution in [0.4, 0.5) is 0 Å². The molecule has 8 heteroatoms. The summed E-state index contributed by atoms with van der Waals surface area (Å²) in [4.78, 5) is 6.77. The summed E-state index contributed by atoms with van der Waals surface area (Å²) in [5.41, 5.74) is 0. The third-order valence-electron chi connectivity index (χ3n) is 3.31. The Labute approximate surface area is 125 Å². The molecule has 1 aliphatic heterocycles.